The molecule has 4 N–H and O–H groups in total. The molecular formula is C17H16N2O4. The summed E-state index contributed by atoms with van der Waals surface area (Å²) in [5.41, 5.74) is 13.8. The van der Waals surface area contributed by atoms with Gasteiger partial charge in [-0.05, 0) is 41.5 Å². The second-order valence-electron chi connectivity index (χ2n) is 4.70. The van der Waals surface area contributed by atoms with Crippen LogP contribution in [0.15, 0.2) is 54.6 Å². The number of carbonyl (C=O) groups excluding carboxylic acids is 2. The van der Waals surface area contributed by atoms with Gasteiger partial charge in [0, 0.05) is 17.5 Å². The molecule has 2 rings (SSSR count). The molecule has 6 heteroatoms. The molecule has 2 aromatic carbocycles. The average molecular weight is 312 g/mol. The Bertz CT molecular complexity index is 706. The molecule has 0 fully saturated rings. The maximum absolute atomic E-state index is 11.5. The normalized spacial score (nSPS) is 10.4. The molecule has 118 valence electrons. The highest BCUT2D eigenvalue weighted by atomic mass is 16.7. The summed E-state index contributed by atoms with van der Waals surface area (Å²) >= 11 is 0. The lowest BCUT2D eigenvalue weighted by molar-refractivity contribution is -0.134. The highest BCUT2D eigenvalue weighted by molar-refractivity contribution is 5.93. The SMILES string of the molecule is Nc1ccc(/C=C/C(=O)OC(=O)OCc2ccc(N)cc2)cc1. The summed E-state index contributed by atoms with van der Waals surface area (Å²) in [6, 6.07) is 13.7. The summed E-state index contributed by atoms with van der Waals surface area (Å²) in [5, 5.41) is 0. The van der Waals surface area contributed by atoms with E-state index in [4.69, 9.17) is 16.2 Å². The molecule has 0 heterocycles. The lowest BCUT2D eigenvalue weighted by Crippen LogP contribution is -2.11. The van der Waals surface area contributed by atoms with Crippen molar-refractivity contribution in [3.8, 4) is 0 Å². The minimum atomic E-state index is -1.06. The molecule has 0 unspecified atom stereocenters. The summed E-state index contributed by atoms with van der Waals surface area (Å²) in [4.78, 5) is 22.9. The van der Waals surface area contributed by atoms with Gasteiger partial charge in [-0.2, -0.15) is 0 Å². The zero-order valence-corrected chi connectivity index (χ0v) is 12.3. The van der Waals surface area contributed by atoms with Gasteiger partial charge in [-0.15, -0.1) is 0 Å². The number of benzene rings is 2. The molecule has 0 aliphatic rings. The van der Waals surface area contributed by atoms with E-state index in [2.05, 4.69) is 4.74 Å². The maximum Gasteiger partial charge on any atom is 0.516 e. The molecule has 0 aliphatic carbocycles. The second kappa shape index (κ2) is 7.65. The minimum absolute atomic E-state index is 0.00588. The molecule has 0 atom stereocenters. The Kier molecular flexibility index (Phi) is 5.35. The van der Waals surface area contributed by atoms with E-state index >= 15 is 0 Å². The summed E-state index contributed by atoms with van der Waals surface area (Å²) in [6.07, 6.45) is 1.58. The minimum Gasteiger partial charge on any atom is -0.429 e. The van der Waals surface area contributed by atoms with Crippen molar-refractivity contribution >= 4 is 29.6 Å². The highest BCUT2D eigenvalue weighted by Gasteiger charge is 2.09. The highest BCUT2D eigenvalue weighted by Crippen LogP contribution is 2.08. The number of anilines is 2. The Hall–Kier alpha value is -3.28. The first-order chi connectivity index (χ1) is 11.0. The first-order valence-electron chi connectivity index (χ1n) is 6.79. The van der Waals surface area contributed by atoms with E-state index in [1.54, 1.807) is 48.5 Å². The smallest absolute Gasteiger partial charge is 0.429 e. The van der Waals surface area contributed by atoms with Crippen LogP contribution in [-0.4, -0.2) is 12.1 Å². The van der Waals surface area contributed by atoms with E-state index in [-0.39, 0.29) is 6.61 Å². The van der Waals surface area contributed by atoms with Gasteiger partial charge in [0.2, 0.25) is 0 Å². The number of carbonyl (C=O) groups is 2. The third kappa shape index (κ3) is 5.55. The zero-order chi connectivity index (χ0) is 16.7. The predicted octanol–water partition coefficient (Wildman–Crippen LogP) is 2.74. The number of nitrogen functional groups attached to an aromatic ring is 2. The largest absolute Gasteiger partial charge is 0.516 e. The van der Waals surface area contributed by atoms with Crippen molar-refractivity contribution in [2.24, 2.45) is 0 Å². The fraction of sp³-hybridized carbons (Fsp3) is 0.0588. The first kappa shape index (κ1) is 16.1. The Morgan fingerprint density at radius 2 is 1.48 bits per heavy atom. The molecule has 0 amide bonds. The van der Waals surface area contributed by atoms with E-state index in [1.165, 1.54) is 6.08 Å². The maximum atomic E-state index is 11.5. The summed E-state index contributed by atoms with van der Waals surface area (Å²) < 4.78 is 9.34. The number of nitrogens with two attached hydrogens (primary N) is 2. The van der Waals surface area contributed by atoms with Crippen LogP contribution in [0.4, 0.5) is 16.2 Å². The van der Waals surface area contributed by atoms with Gasteiger partial charge in [0.1, 0.15) is 6.61 Å². The number of ether oxygens (including phenoxy) is 2. The molecule has 0 radical (unpaired) electrons. The van der Waals surface area contributed by atoms with Crippen LogP contribution < -0.4 is 11.5 Å². The second-order valence-corrected chi connectivity index (χ2v) is 4.70. The lowest BCUT2D eigenvalue weighted by atomic mass is 10.2. The van der Waals surface area contributed by atoms with Crippen LogP contribution in [0, 0.1) is 0 Å². The monoisotopic (exact) mass is 312 g/mol. The van der Waals surface area contributed by atoms with Crippen LogP contribution in [0.2, 0.25) is 0 Å². The first-order valence-corrected chi connectivity index (χ1v) is 6.79. The number of esters is 1. The Labute approximate surface area is 133 Å². The summed E-state index contributed by atoms with van der Waals surface area (Å²) in [7, 11) is 0. The third-order valence-electron chi connectivity index (χ3n) is 2.87. The molecule has 0 saturated heterocycles. The summed E-state index contributed by atoms with van der Waals surface area (Å²) in [6.45, 7) is -0.00588. The molecule has 0 saturated carbocycles. The van der Waals surface area contributed by atoms with Crippen LogP contribution in [0.3, 0.4) is 0 Å². The molecule has 0 spiro atoms. The van der Waals surface area contributed by atoms with Crippen molar-refractivity contribution in [2.45, 2.75) is 6.61 Å². The van der Waals surface area contributed by atoms with Crippen molar-refractivity contribution in [1.82, 2.24) is 0 Å². The Morgan fingerprint density at radius 3 is 2.09 bits per heavy atom. The van der Waals surface area contributed by atoms with Crippen LogP contribution in [0.1, 0.15) is 11.1 Å². The number of hydrogen-bond acceptors (Lipinski definition) is 6. The van der Waals surface area contributed by atoms with Gasteiger partial charge in [0.05, 0.1) is 0 Å². The Balaban J connectivity index is 1.79. The van der Waals surface area contributed by atoms with Gasteiger partial charge in [0.15, 0.2) is 0 Å². The topological polar surface area (TPSA) is 105 Å². The standard InChI is InChI=1S/C17H16N2O4/c18-14-6-1-12(2-7-14)5-10-16(20)23-17(21)22-11-13-3-8-15(19)9-4-13/h1-10H,11,18-19H2/b10-5+. The van der Waals surface area contributed by atoms with Crippen LogP contribution in [-0.2, 0) is 20.9 Å². The van der Waals surface area contributed by atoms with Crippen molar-refractivity contribution in [3.63, 3.8) is 0 Å². The fourth-order valence-corrected chi connectivity index (χ4v) is 1.67. The van der Waals surface area contributed by atoms with E-state index < -0.39 is 12.1 Å². The van der Waals surface area contributed by atoms with Gasteiger partial charge in [-0.1, -0.05) is 24.3 Å². The molecular weight excluding hydrogens is 296 g/mol. The van der Waals surface area contributed by atoms with Gasteiger partial charge >= 0.3 is 12.1 Å². The quantitative estimate of drug-likeness (QED) is 0.389. The van der Waals surface area contributed by atoms with Gasteiger partial charge in [0.25, 0.3) is 0 Å². The molecule has 0 aliphatic heterocycles. The van der Waals surface area contributed by atoms with Crippen molar-refractivity contribution in [1.29, 1.82) is 0 Å². The van der Waals surface area contributed by atoms with Gasteiger partial charge in [-0.3, -0.25) is 0 Å². The molecule has 23 heavy (non-hydrogen) atoms. The third-order valence-corrected chi connectivity index (χ3v) is 2.87. The Morgan fingerprint density at radius 1 is 0.913 bits per heavy atom. The van der Waals surface area contributed by atoms with Gasteiger partial charge in [-0.25, -0.2) is 9.59 Å². The van der Waals surface area contributed by atoms with Crippen molar-refractivity contribution < 1.29 is 19.1 Å². The van der Waals surface area contributed by atoms with E-state index in [0.717, 1.165) is 17.2 Å². The van der Waals surface area contributed by atoms with Crippen molar-refractivity contribution in [2.75, 3.05) is 11.5 Å². The molecule has 0 aromatic heterocycles. The zero-order valence-electron chi connectivity index (χ0n) is 12.3. The molecule has 2 aromatic rings. The number of hydrogen-bond donors (Lipinski definition) is 2. The summed E-state index contributed by atoms with van der Waals surface area (Å²) in [5.74, 6) is -0.816. The van der Waals surface area contributed by atoms with Gasteiger partial charge < -0.3 is 20.9 Å². The van der Waals surface area contributed by atoms with Crippen LogP contribution >= 0.6 is 0 Å². The fourth-order valence-electron chi connectivity index (χ4n) is 1.67. The number of rotatable bonds is 4. The van der Waals surface area contributed by atoms with Crippen LogP contribution in [0.25, 0.3) is 6.08 Å². The van der Waals surface area contributed by atoms with Crippen LogP contribution in [0.5, 0.6) is 0 Å². The van der Waals surface area contributed by atoms with E-state index in [9.17, 15) is 9.59 Å². The lowest BCUT2D eigenvalue weighted by Gasteiger charge is -2.04. The molecule has 6 nitrogen and oxygen atoms in total. The average Bonchev–Trinajstić information content (AvgIpc) is 2.54. The molecule has 0 bridgehead atoms. The predicted molar refractivity (Wildman–Crippen MR) is 87.0 cm³/mol. The van der Waals surface area contributed by atoms with E-state index in [0.29, 0.717) is 11.4 Å². The van der Waals surface area contributed by atoms with E-state index in [1.807, 2.05) is 0 Å². The van der Waals surface area contributed by atoms with Crippen molar-refractivity contribution in [3.05, 3.63) is 65.7 Å².